The summed E-state index contributed by atoms with van der Waals surface area (Å²) in [6.45, 7) is 0. The first kappa shape index (κ1) is 222. The summed E-state index contributed by atoms with van der Waals surface area (Å²) in [6, 6.07) is 0. The van der Waals surface area contributed by atoms with Crippen LogP contribution >= 0.6 is 0 Å². The van der Waals surface area contributed by atoms with Gasteiger partial charge in [-0.05, 0) is 0 Å². The SMILES string of the molecule is O.O.O.O.O.[Ag].[Cu].[LiH].[LiH].[V].[V]. The molecule has 10 N–H and O–H groups in total. The Morgan fingerprint density at radius 1 is 0.455 bits per heavy atom. The van der Waals surface area contributed by atoms with Gasteiger partial charge in [0.1, 0.15) is 0 Å². The predicted octanol–water partition coefficient (Wildman–Crippen LogP) is -5.43. The Morgan fingerprint density at radius 2 is 0.455 bits per heavy atom. The van der Waals surface area contributed by atoms with Crippen molar-refractivity contribution in [3.63, 3.8) is 0 Å². The minimum absolute atomic E-state index is 0. The largest absolute Gasteiger partial charge is 0 e. The molecule has 0 saturated carbocycles. The van der Waals surface area contributed by atoms with E-state index >= 15 is 0 Å². The molecule has 11 heteroatoms. The molecule has 0 unspecified atom stereocenters. The van der Waals surface area contributed by atoms with E-state index in [0.717, 1.165) is 0 Å². The van der Waals surface area contributed by atoms with Crippen LogP contribution in [0.3, 0.4) is 0 Å². The van der Waals surface area contributed by atoms with Crippen LogP contribution in [0.15, 0.2) is 0 Å². The van der Waals surface area contributed by atoms with Gasteiger partial charge in [0.15, 0.2) is 0 Å². The zero-order valence-corrected chi connectivity index (χ0v) is 9.21. The molecule has 76 valence electrons. The fraction of sp³-hybridized carbons (Fsp3) is 0. The van der Waals surface area contributed by atoms with Gasteiger partial charge in [-0.2, -0.15) is 0 Å². The van der Waals surface area contributed by atoms with E-state index in [1.54, 1.807) is 0 Å². The summed E-state index contributed by atoms with van der Waals surface area (Å²) in [5.41, 5.74) is 0. The molecule has 0 aromatic rings. The molecule has 0 amide bonds. The molecule has 0 fully saturated rings. The average molecular weight is 379 g/mol. The molecule has 0 atom stereocenters. The van der Waals surface area contributed by atoms with Crippen molar-refractivity contribution in [1.29, 1.82) is 0 Å². The monoisotopic (exact) mass is 378 g/mol. The Kier molecular flexibility index (Phi) is 3560. The molecule has 0 aliphatic heterocycles. The molecule has 0 saturated heterocycles. The summed E-state index contributed by atoms with van der Waals surface area (Å²) in [5, 5.41) is 0. The van der Waals surface area contributed by atoms with Gasteiger partial charge in [0.05, 0.1) is 0 Å². The van der Waals surface area contributed by atoms with Crippen LogP contribution in [0.4, 0.5) is 0 Å². The van der Waals surface area contributed by atoms with E-state index in [4.69, 9.17) is 0 Å². The number of hydrogen-bond donors (Lipinski definition) is 0. The van der Waals surface area contributed by atoms with E-state index in [-0.39, 0.29) is 142 Å². The van der Waals surface area contributed by atoms with Crippen LogP contribution in [0.2, 0.25) is 0 Å². The van der Waals surface area contributed by atoms with E-state index in [0.29, 0.717) is 0 Å². The van der Waals surface area contributed by atoms with Gasteiger partial charge in [0.2, 0.25) is 0 Å². The predicted molar refractivity (Wildman–Crippen MR) is 32.4 cm³/mol. The molecule has 0 bridgehead atoms. The second kappa shape index (κ2) is 177. The van der Waals surface area contributed by atoms with E-state index in [1.165, 1.54) is 0 Å². The molecule has 0 aliphatic carbocycles. The maximum atomic E-state index is 0. The van der Waals surface area contributed by atoms with Crippen molar-refractivity contribution < 1.29 is 104 Å². The molecular weight excluding hydrogens is 367 g/mol. The van der Waals surface area contributed by atoms with E-state index in [2.05, 4.69) is 0 Å². The Hall–Kier alpha value is 3.42. The van der Waals surface area contributed by atoms with E-state index in [1.807, 2.05) is 0 Å². The quantitative estimate of drug-likeness (QED) is 0.368. The van der Waals surface area contributed by atoms with Crippen LogP contribution < -0.4 is 0 Å². The first-order valence-electron chi connectivity index (χ1n) is 0. The van der Waals surface area contributed by atoms with Gasteiger partial charge >= 0.3 is 37.7 Å². The summed E-state index contributed by atoms with van der Waals surface area (Å²) >= 11 is 0. The van der Waals surface area contributed by atoms with Crippen LogP contribution in [0, 0.1) is 0 Å². The fourth-order valence-electron chi connectivity index (χ4n) is 0. The smallest absolute Gasteiger partial charge is 0 e. The summed E-state index contributed by atoms with van der Waals surface area (Å²) in [4.78, 5) is 0. The maximum Gasteiger partial charge on any atom is 0 e. The summed E-state index contributed by atoms with van der Waals surface area (Å²) in [6.07, 6.45) is 0. The molecule has 11 heavy (non-hydrogen) atoms. The maximum absolute atomic E-state index is 0. The van der Waals surface area contributed by atoms with Crippen molar-refractivity contribution in [2.45, 2.75) is 0 Å². The molecule has 0 aromatic carbocycles. The summed E-state index contributed by atoms with van der Waals surface area (Å²) < 4.78 is 0. The zero-order chi connectivity index (χ0) is 0. The molecule has 0 aromatic heterocycles. The Labute approximate surface area is 140 Å². The Balaban J connectivity index is 0. The fourth-order valence-corrected chi connectivity index (χ4v) is 0. The van der Waals surface area contributed by atoms with Gasteiger partial charge in [-0.3, -0.25) is 0 Å². The van der Waals surface area contributed by atoms with Gasteiger partial charge in [-0.15, -0.1) is 0 Å². The van der Waals surface area contributed by atoms with Crippen molar-refractivity contribution in [2.75, 3.05) is 0 Å². The Morgan fingerprint density at radius 3 is 0.455 bits per heavy atom. The van der Waals surface area contributed by atoms with Gasteiger partial charge in [-0.1, -0.05) is 0 Å². The third-order valence-electron chi connectivity index (χ3n) is 0. The van der Waals surface area contributed by atoms with Gasteiger partial charge in [0, 0.05) is 76.6 Å². The molecule has 0 spiro atoms. The second-order valence-electron chi connectivity index (χ2n) is 0. The van der Waals surface area contributed by atoms with Crippen LogP contribution in [0.25, 0.3) is 0 Å². The van der Waals surface area contributed by atoms with E-state index < -0.39 is 0 Å². The summed E-state index contributed by atoms with van der Waals surface area (Å²) in [7, 11) is 0. The second-order valence-corrected chi connectivity index (χ2v) is 0. The zero-order valence-electron chi connectivity index (χ0n) is 4.00. The molecular formula is H12AgCuLi2O5V2. The van der Waals surface area contributed by atoms with Crippen LogP contribution in [-0.2, 0) is 76.6 Å². The number of rotatable bonds is 0. The summed E-state index contributed by atoms with van der Waals surface area (Å²) in [5.74, 6) is 0. The van der Waals surface area contributed by atoms with Crippen molar-refractivity contribution in [2.24, 2.45) is 0 Å². The average Bonchev–Trinajstić information content (AvgIpc) is 0. The van der Waals surface area contributed by atoms with Crippen molar-refractivity contribution in [3.8, 4) is 0 Å². The first-order chi connectivity index (χ1) is 0. The minimum Gasteiger partial charge on any atom is 0 e. The Bertz CT molecular complexity index is 22.4. The topological polar surface area (TPSA) is 158 Å². The van der Waals surface area contributed by atoms with Gasteiger partial charge in [0.25, 0.3) is 0 Å². The standard InChI is InChI=1S/Ag.Cu.2Li.5H2O.2V.2H/h;;;;5*1H2;;;;. The van der Waals surface area contributed by atoms with Gasteiger partial charge < -0.3 is 27.4 Å². The molecule has 4 radical (unpaired) electrons. The molecule has 0 rings (SSSR count). The number of hydrogen-bond acceptors (Lipinski definition) is 0. The third kappa shape index (κ3) is 149. The van der Waals surface area contributed by atoms with Crippen LogP contribution in [0.1, 0.15) is 0 Å². The molecule has 0 aliphatic rings. The minimum atomic E-state index is 0. The molecule has 0 heterocycles. The van der Waals surface area contributed by atoms with Crippen LogP contribution in [-0.4, -0.2) is 65.1 Å². The third-order valence-corrected chi connectivity index (χ3v) is 0. The first-order valence-corrected chi connectivity index (χ1v) is 0. The van der Waals surface area contributed by atoms with Crippen LogP contribution in [0.5, 0.6) is 0 Å². The van der Waals surface area contributed by atoms with E-state index in [9.17, 15) is 0 Å². The van der Waals surface area contributed by atoms with Crippen molar-refractivity contribution in [1.82, 2.24) is 0 Å². The van der Waals surface area contributed by atoms with Crippen molar-refractivity contribution in [3.05, 3.63) is 0 Å². The van der Waals surface area contributed by atoms with Gasteiger partial charge in [-0.25, -0.2) is 0 Å². The normalized spacial score (nSPS) is 0. The molecule has 5 nitrogen and oxygen atoms in total. The van der Waals surface area contributed by atoms with Crippen molar-refractivity contribution >= 4 is 37.7 Å².